The number of benzene rings is 1. The molecule has 0 amide bonds. The molecule has 1 aliphatic carbocycles. The van der Waals surface area contributed by atoms with Gasteiger partial charge in [0.1, 0.15) is 16.7 Å². The molecule has 27 heavy (non-hydrogen) atoms. The van der Waals surface area contributed by atoms with Gasteiger partial charge in [0.2, 0.25) is 0 Å². The first kappa shape index (κ1) is 17.9. The van der Waals surface area contributed by atoms with Crippen molar-refractivity contribution >= 4 is 27.5 Å². The Bertz CT molecular complexity index is 1110. The molecule has 0 saturated heterocycles. The predicted molar refractivity (Wildman–Crippen MR) is 108 cm³/mol. The van der Waals surface area contributed by atoms with Crippen LogP contribution < -0.4 is 5.56 Å². The summed E-state index contributed by atoms with van der Waals surface area (Å²) in [6.07, 6.45) is 2.87. The van der Waals surface area contributed by atoms with E-state index >= 15 is 0 Å². The van der Waals surface area contributed by atoms with Gasteiger partial charge >= 0.3 is 5.97 Å². The minimum absolute atomic E-state index is 0.238. The summed E-state index contributed by atoms with van der Waals surface area (Å²) in [5.74, 6) is -0.00964. The van der Waals surface area contributed by atoms with Crippen LogP contribution in [0.1, 0.15) is 42.3 Å². The topological polar surface area (TPSA) is 72.2 Å². The molecule has 0 spiro atoms. The monoisotopic (exact) mass is 382 g/mol. The van der Waals surface area contributed by atoms with Crippen LogP contribution in [0.25, 0.3) is 21.6 Å². The molecule has 1 N–H and O–H groups in total. The normalized spacial score (nSPS) is 17.7. The number of aryl methyl sites for hydroxylation is 2. The van der Waals surface area contributed by atoms with E-state index in [1.807, 2.05) is 31.2 Å². The van der Waals surface area contributed by atoms with Crippen molar-refractivity contribution in [3.63, 3.8) is 0 Å². The molecular formula is C21H22N2O3S. The summed E-state index contributed by atoms with van der Waals surface area (Å²) in [5, 5.41) is 10.2. The Morgan fingerprint density at radius 3 is 2.89 bits per heavy atom. The molecule has 5 nitrogen and oxygen atoms in total. The highest BCUT2D eigenvalue weighted by Crippen LogP contribution is 2.37. The number of aliphatic carboxylic acids is 1. The fourth-order valence-electron chi connectivity index (χ4n) is 3.86. The van der Waals surface area contributed by atoms with Crippen LogP contribution in [-0.2, 0) is 17.6 Å². The van der Waals surface area contributed by atoms with E-state index in [0.29, 0.717) is 17.1 Å². The van der Waals surface area contributed by atoms with E-state index in [9.17, 15) is 14.7 Å². The smallest absolute Gasteiger partial charge is 0.326 e. The highest BCUT2D eigenvalue weighted by atomic mass is 32.1. The summed E-state index contributed by atoms with van der Waals surface area (Å²) in [4.78, 5) is 31.9. The van der Waals surface area contributed by atoms with Gasteiger partial charge in [0.05, 0.1) is 5.39 Å². The third-order valence-electron chi connectivity index (χ3n) is 5.38. The summed E-state index contributed by atoms with van der Waals surface area (Å²) >= 11 is 1.59. The number of carboxylic acids is 1. The lowest BCUT2D eigenvalue weighted by molar-refractivity contribution is -0.140. The van der Waals surface area contributed by atoms with Crippen molar-refractivity contribution < 1.29 is 9.90 Å². The molecule has 0 saturated carbocycles. The second kappa shape index (κ2) is 6.60. The Hall–Kier alpha value is -2.47. The van der Waals surface area contributed by atoms with Crippen LogP contribution >= 0.6 is 11.3 Å². The van der Waals surface area contributed by atoms with Crippen molar-refractivity contribution in [2.24, 2.45) is 5.92 Å². The second-order valence-corrected chi connectivity index (χ2v) is 8.61. The van der Waals surface area contributed by atoms with Crippen LogP contribution in [0, 0.1) is 12.8 Å². The number of fused-ring (bicyclic) bond motifs is 3. The summed E-state index contributed by atoms with van der Waals surface area (Å²) in [6, 6.07) is 6.70. The van der Waals surface area contributed by atoms with Crippen LogP contribution in [0.3, 0.4) is 0 Å². The van der Waals surface area contributed by atoms with Gasteiger partial charge < -0.3 is 5.11 Å². The van der Waals surface area contributed by atoms with Gasteiger partial charge in [-0.1, -0.05) is 30.7 Å². The van der Waals surface area contributed by atoms with E-state index in [1.165, 1.54) is 16.4 Å². The molecule has 0 bridgehead atoms. The van der Waals surface area contributed by atoms with Gasteiger partial charge in [-0.15, -0.1) is 11.3 Å². The van der Waals surface area contributed by atoms with E-state index in [-0.39, 0.29) is 5.56 Å². The largest absolute Gasteiger partial charge is 0.480 e. The summed E-state index contributed by atoms with van der Waals surface area (Å²) in [6.45, 7) is 5.73. The third kappa shape index (κ3) is 2.98. The van der Waals surface area contributed by atoms with Gasteiger partial charge in [0, 0.05) is 10.4 Å². The molecule has 0 fully saturated rings. The Morgan fingerprint density at radius 1 is 1.41 bits per heavy atom. The van der Waals surface area contributed by atoms with Crippen molar-refractivity contribution in [3.05, 3.63) is 50.6 Å². The molecule has 140 valence electrons. The third-order valence-corrected chi connectivity index (χ3v) is 6.53. The Kier molecular flexibility index (Phi) is 4.38. The van der Waals surface area contributed by atoms with Crippen LogP contribution in [0.5, 0.6) is 0 Å². The van der Waals surface area contributed by atoms with Crippen molar-refractivity contribution in [1.82, 2.24) is 9.55 Å². The molecule has 1 aromatic carbocycles. The average molecular weight is 382 g/mol. The average Bonchev–Trinajstić information content (AvgIpc) is 2.98. The van der Waals surface area contributed by atoms with E-state index in [2.05, 4.69) is 6.92 Å². The number of carboxylic acid groups (broad SMARTS) is 1. The van der Waals surface area contributed by atoms with Crippen LogP contribution in [0.4, 0.5) is 0 Å². The van der Waals surface area contributed by atoms with Crippen LogP contribution in [-0.4, -0.2) is 20.6 Å². The number of nitrogens with zero attached hydrogens (tertiary/aromatic N) is 2. The number of carbonyl (C=O) groups is 1. The summed E-state index contributed by atoms with van der Waals surface area (Å²) < 4.78 is 1.35. The number of hydrogen-bond acceptors (Lipinski definition) is 4. The molecular weight excluding hydrogens is 360 g/mol. The lowest BCUT2D eigenvalue weighted by atomic mass is 9.89. The molecule has 2 heterocycles. The van der Waals surface area contributed by atoms with Crippen LogP contribution in [0.15, 0.2) is 29.1 Å². The summed E-state index contributed by atoms with van der Waals surface area (Å²) in [5.41, 5.74) is 2.64. The highest BCUT2D eigenvalue weighted by Gasteiger charge is 2.27. The maximum atomic E-state index is 13.4. The van der Waals surface area contributed by atoms with Gasteiger partial charge in [-0.3, -0.25) is 9.36 Å². The van der Waals surface area contributed by atoms with E-state index in [1.54, 1.807) is 11.3 Å². The number of hydrogen-bond donors (Lipinski definition) is 1. The highest BCUT2D eigenvalue weighted by molar-refractivity contribution is 7.18. The fourth-order valence-corrected chi connectivity index (χ4v) is 5.23. The van der Waals surface area contributed by atoms with E-state index in [0.717, 1.165) is 40.8 Å². The minimum atomic E-state index is -1.04. The Balaban J connectivity index is 2.06. The molecule has 4 rings (SSSR count). The first-order valence-electron chi connectivity index (χ1n) is 9.23. The quantitative estimate of drug-likeness (QED) is 0.737. The first-order valence-corrected chi connectivity index (χ1v) is 10.0. The van der Waals surface area contributed by atoms with Crippen molar-refractivity contribution in [3.8, 4) is 11.4 Å². The van der Waals surface area contributed by atoms with Crippen molar-refractivity contribution in [1.29, 1.82) is 0 Å². The van der Waals surface area contributed by atoms with Gasteiger partial charge in [-0.2, -0.15) is 0 Å². The number of thiophene rings is 1. The standard InChI is InChI=1S/C21H22N2O3S/c1-11-5-4-6-14(9-11)18-22-19-17(20(24)23(18)13(3)21(25)26)15-8-7-12(2)10-16(15)27-19/h4-6,9,12-13H,7-8,10H2,1-3H3,(H,25,26). The maximum absolute atomic E-state index is 13.4. The van der Waals surface area contributed by atoms with Gasteiger partial charge in [0.15, 0.2) is 0 Å². The fraction of sp³-hybridized carbons (Fsp3) is 0.381. The lowest BCUT2D eigenvalue weighted by Crippen LogP contribution is -2.30. The van der Waals surface area contributed by atoms with E-state index < -0.39 is 12.0 Å². The molecule has 0 radical (unpaired) electrons. The zero-order valence-electron chi connectivity index (χ0n) is 15.7. The Labute approximate surface area is 161 Å². The van der Waals surface area contributed by atoms with Crippen molar-refractivity contribution in [2.45, 2.75) is 46.1 Å². The number of aromatic nitrogens is 2. The predicted octanol–water partition coefficient (Wildman–Crippen LogP) is 4.20. The molecule has 2 aromatic heterocycles. The first-order chi connectivity index (χ1) is 12.9. The SMILES string of the molecule is Cc1cccc(-c2nc3sc4c(c3c(=O)n2C(C)C(=O)O)CCC(C)C4)c1. The molecule has 2 atom stereocenters. The molecule has 0 aliphatic heterocycles. The molecule has 1 aliphatic rings. The lowest BCUT2D eigenvalue weighted by Gasteiger charge is -2.19. The van der Waals surface area contributed by atoms with Gasteiger partial charge in [-0.25, -0.2) is 9.78 Å². The molecule has 3 aromatic rings. The summed E-state index contributed by atoms with van der Waals surface area (Å²) in [7, 11) is 0. The zero-order chi connectivity index (χ0) is 19.3. The van der Waals surface area contributed by atoms with Crippen molar-refractivity contribution in [2.75, 3.05) is 0 Å². The van der Waals surface area contributed by atoms with Gasteiger partial charge in [0.25, 0.3) is 5.56 Å². The maximum Gasteiger partial charge on any atom is 0.326 e. The van der Waals surface area contributed by atoms with E-state index in [4.69, 9.17) is 4.98 Å². The number of rotatable bonds is 3. The van der Waals surface area contributed by atoms with Gasteiger partial charge in [-0.05, 0) is 50.7 Å². The second-order valence-electron chi connectivity index (χ2n) is 7.53. The van der Waals surface area contributed by atoms with Crippen LogP contribution in [0.2, 0.25) is 0 Å². The Morgan fingerprint density at radius 2 is 2.19 bits per heavy atom. The molecule has 6 heteroatoms. The zero-order valence-corrected chi connectivity index (χ0v) is 16.5. The minimum Gasteiger partial charge on any atom is -0.480 e. The molecule has 2 unspecified atom stereocenters.